The van der Waals surface area contributed by atoms with E-state index in [0.29, 0.717) is 17.4 Å². The number of hydrogen-bond acceptors (Lipinski definition) is 8. The van der Waals surface area contributed by atoms with E-state index in [0.717, 1.165) is 32.1 Å². The monoisotopic (exact) mass is 930 g/mol. The predicted molar refractivity (Wildman–Crippen MR) is 269 cm³/mol. The van der Waals surface area contributed by atoms with E-state index in [-0.39, 0.29) is 32.0 Å². The van der Waals surface area contributed by atoms with Gasteiger partial charge < -0.3 is 27.9 Å². The first-order valence-corrected chi connectivity index (χ1v) is 29.2. The Morgan fingerprint density at radius 2 is 0.703 bits per heavy atom. The van der Waals surface area contributed by atoms with Crippen molar-refractivity contribution in [3.05, 3.63) is 0 Å². The van der Waals surface area contributed by atoms with Crippen LogP contribution < -0.4 is 4.89 Å². The maximum Gasteiger partial charge on any atom is 0.306 e. The number of carbonyl (C=O) groups excluding carboxylic acids is 2. The summed E-state index contributed by atoms with van der Waals surface area (Å²) < 4.78 is 34.1. The van der Waals surface area contributed by atoms with Gasteiger partial charge >= 0.3 is 11.9 Å². The smallest absolute Gasteiger partial charge is 0.306 e. The van der Waals surface area contributed by atoms with Crippen LogP contribution in [-0.2, 0) is 32.7 Å². The summed E-state index contributed by atoms with van der Waals surface area (Å²) in [5, 5.41) is 0. The molecule has 0 aromatic heterocycles. The Balaban J connectivity index is 4.14. The number of nitrogens with zero attached hydrogens (tertiary/aromatic N) is 1. The molecule has 64 heavy (non-hydrogen) atoms. The molecule has 0 radical (unpaired) electrons. The van der Waals surface area contributed by atoms with Gasteiger partial charge in [-0.25, -0.2) is 0 Å². The number of esters is 2. The molecule has 2 atom stereocenters. The minimum Gasteiger partial charge on any atom is -0.756 e. The van der Waals surface area contributed by atoms with Crippen LogP contribution in [0.15, 0.2) is 0 Å². The minimum atomic E-state index is -4.62. The Kier molecular flexibility index (Phi) is 46.4. The second-order valence-electron chi connectivity index (χ2n) is 20.3. The first-order chi connectivity index (χ1) is 31.0. The lowest BCUT2D eigenvalue weighted by atomic mass is 10.0. The highest BCUT2D eigenvalue weighted by Crippen LogP contribution is 2.38. The van der Waals surface area contributed by atoms with Gasteiger partial charge in [0.05, 0.1) is 27.7 Å². The first-order valence-electron chi connectivity index (χ1n) is 27.7. The van der Waals surface area contributed by atoms with Crippen LogP contribution in [0.25, 0.3) is 0 Å². The zero-order valence-corrected chi connectivity index (χ0v) is 44.2. The van der Waals surface area contributed by atoms with Crippen molar-refractivity contribution >= 4 is 19.8 Å². The highest BCUT2D eigenvalue weighted by atomic mass is 31.2. The summed E-state index contributed by atoms with van der Waals surface area (Å²) in [5.41, 5.74) is 0. The topological polar surface area (TPSA) is 111 Å². The Labute approximate surface area is 397 Å². The van der Waals surface area contributed by atoms with Crippen LogP contribution >= 0.6 is 7.82 Å². The number of ether oxygens (including phenoxy) is 2. The van der Waals surface area contributed by atoms with Gasteiger partial charge in [0.1, 0.15) is 19.8 Å². The number of likely N-dealkylation sites (N-methyl/N-ethyl adjacent to an activating group) is 1. The van der Waals surface area contributed by atoms with Gasteiger partial charge in [-0.05, 0) is 12.8 Å². The predicted octanol–water partition coefficient (Wildman–Crippen LogP) is 16.1. The number of rotatable bonds is 52. The number of phosphoric ester groups is 1. The lowest BCUT2D eigenvalue weighted by Gasteiger charge is -2.28. The van der Waals surface area contributed by atoms with E-state index in [1.54, 1.807) is 0 Å². The molecule has 0 aliphatic heterocycles. The van der Waals surface area contributed by atoms with E-state index in [1.165, 1.54) is 218 Å². The molecule has 0 heterocycles. The summed E-state index contributed by atoms with van der Waals surface area (Å²) in [6, 6.07) is 0. The van der Waals surface area contributed by atoms with Crippen molar-refractivity contribution in [2.45, 2.75) is 290 Å². The lowest BCUT2D eigenvalue weighted by molar-refractivity contribution is -0.870. The zero-order chi connectivity index (χ0) is 47.1. The number of carbonyl (C=O) groups is 2. The zero-order valence-electron chi connectivity index (χ0n) is 43.3. The van der Waals surface area contributed by atoms with Crippen molar-refractivity contribution < 1.29 is 42.1 Å². The van der Waals surface area contributed by atoms with Gasteiger partial charge in [-0.3, -0.25) is 14.2 Å². The third kappa shape index (κ3) is 50.4. The summed E-state index contributed by atoms with van der Waals surface area (Å²) in [5.74, 6) is -0.810. The molecule has 0 saturated heterocycles. The largest absolute Gasteiger partial charge is 0.756 e. The summed E-state index contributed by atoms with van der Waals surface area (Å²) in [6.45, 7) is 4.31. The van der Waals surface area contributed by atoms with Crippen molar-refractivity contribution in [2.75, 3.05) is 47.5 Å². The fourth-order valence-electron chi connectivity index (χ4n) is 8.31. The number of hydrogen-bond donors (Lipinski definition) is 0. The molecule has 0 rings (SSSR count). The van der Waals surface area contributed by atoms with Crippen LogP contribution in [0.2, 0.25) is 0 Å². The molecule has 0 spiro atoms. The van der Waals surface area contributed by atoms with E-state index >= 15 is 0 Å². The van der Waals surface area contributed by atoms with Crippen molar-refractivity contribution in [3.8, 4) is 0 Å². The quantitative estimate of drug-likeness (QED) is 0.0257. The third-order valence-corrected chi connectivity index (χ3v) is 13.6. The van der Waals surface area contributed by atoms with Gasteiger partial charge in [0.15, 0.2) is 6.10 Å². The molecule has 0 aliphatic rings. The molecule has 0 aromatic rings. The molecule has 0 bridgehead atoms. The summed E-state index contributed by atoms with van der Waals surface area (Å²) >= 11 is 0. The van der Waals surface area contributed by atoms with Crippen LogP contribution in [0.3, 0.4) is 0 Å². The van der Waals surface area contributed by atoms with Crippen LogP contribution in [0.5, 0.6) is 0 Å². The van der Waals surface area contributed by atoms with Gasteiger partial charge in [0, 0.05) is 12.8 Å². The summed E-state index contributed by atoms with van der Waals surface area (Å²) in [4.78, 5) is 37.8. The highest BCUT2D eigenvalue weighted by Gasteiger charge is 2.22. The van der Waals surface area contributed by atoms with Gasteiger partial charge in [-0.2, -0.15) is 0 Å². The van der Waals surface area contributed by atoms with E-state index in [9.17, 15) is 19.0 Å². The Bertz CT molecular complexity index is 1050. The molecule has 0 saturated carbocycles. The standard InChI is InChI=1S/C54H108NO8P/c1-6-8-10-12-14-16-18-20-22-24-26-27-29-30-32-34-36-38-40-42-44-46-53(56)60-50-52(51-62-64(58,59)61-49-48-55(3,4)5)63-54(57)47-45-43-41-39-37-35-33-31-28-25-23-21-19-17-15-13-11-9-7-2/h52H,6-51H2,1-5H3. The first kappa shape index (κ1) is 63.0. The molecular weight excluding hydrogens is 822 g/mol. The lowest BCUT2D eigenvalue weighted by Crippen LogP contribution is -2.37. The van der Waals surface area contributed by atoms with Gasteiger partial charge in [0.2, 0.25) is 0 Å². The average molecular weight is 930 g/mol. The fourth-order valence-corrected chi connectivity index (χ4v) is 9.03. The average Bonchev–Trinajstić information content (AvgIpc) is 3.25. The Morgan fingerprint density at radius 3 is 1.00 bits per heavy atom. The van der Waals surface area contributed by atoms with E-state index < -0.39 is 26.5 Å². The van der Waals surface area contributed by atoms with E-state index in [1.807, 2.05) is 21.1 Å². The molecule has 9 nitrogen and oxygen atoms in total. The highest BCUT2D eigenvalue weighted by molar-refractivity contribution is 7.45. The molecule has 0 N–H and O–H groups in total. The molecule has 382 valence electrons. The molecule has 0 aliphatic carbocycles. The van der Waals surface area contributed by atoms with Crippen molar-refractivity contribution in [1.29, 1.82) is 0 Å². The van der Waals surface area contributed by atoms with Crippen LogP contribution in [0.1, 0.15) is 284 Å². The fraction of sp³-hybridized carbons (Fsp3) is 0.963. The van der Waals surface area contributed by atoms with Gasteiger partial charge in [0.25, 0.3) is 7.82 Å². The van der Waals surface area contributed by atoms with E-state index in [4.69, 9.17) is 18.5 Å². The molecule has 0 fully saturated rings. The number of phosphoric acid groups is 1. The molecular formula is C54H108NO8P. The van der Waals surface area contributed by atoms with Gasteiger partial charge in [-0.15, -0.1) is 0 Å². The van der Waals surface area contributed by atoms with Gasteiger partial charge in [-0.1, -0.05) is 258 Å². The number of quaternary nitrogens is 1. The maximum absolute atomic E-state index is 12.8. The Hall–Kier alpha value is -0.990. The number of unbranched alkanes of at least 4 members (excludes halogenated alkanes) is 38. The molecule has 10 heteroatoms. The second-order valence-corrected chi connectivity index (χ2v) is 21.7. The summed E-state index contributed by atoms with van der Waals surface area (Å²) in [6.07, 6.45) is 51.4. The van der Waals surface area contributed by atoms with Crippen molar-refractivity contribution in [3.63, 3.8) is 0 Å². The summed E-state index contributed by atoms with van der Waals surface area (Å²) in [7, 11) is 1.19. The second kappa shape index (κ2) is 47.1. The van der Waals surface area contributed by atoms with Crippen molar-refractivity contribution in [2.24, 2.45) is 0 Å². The van der Waals surface area contributed by atoms with Crippen LogP contribution in [-0.4, -0.2) is 70.0 Å². The molecule has 0 amide bonds. The van der Waals surface area contributed by atoms with E-state index in [2.05, 4.69) is 13.8 Å². The minimum absolute atomic E-state index is 0.0252. The third-order valence-electron chi connectivity index (χ3n) is 12.6. The van der Waals surface area contributed by atoms with Crippen LogP contribution in [0.4, 0.5) is 0 Å². The Morgan fingerprint density at radius 1 is 0.422 bits per heavy atom. The SMILES string of the molecule is CCCCCCCCCCCCCCCCCCCCCCCC(=O)OCC(COP(=O)([O-])OCC[N+](C)(C)C)OC(=O)CCCCCCCCCCCCCCCCCCCCC. The van der Waals surface area contributed by atoms with Crippen molar-refractivity contribution in [1.82, 2.24) is 0 Å². The maximum atomic E-state index is 12.8. The molecule has 2 unspecified atom stereocenters. The molecule has 0 aromatic carbocycles. The van der Waals surface area contributed by atoms with Crippen LogP contribution in [0, 0.1) is 0 Å². The normalized spacial score (nSPS) is 13.3.